The van der Waals surface area contributed by atoms with Gasteiger partial charge in [-0.2, -0.15) is 0 Å². The molecule has 0 saturated heterocycles. The molecule has 0 unspecified atom stereocenters. The Labute approximate surface area is 58.1 Å². The molecule has 0 heterocycles. The van der Waals surface area contributed by atoms with E-state index in [1.165, 1.54) is 18.2 Å². The van der Waals surface area contributed by atoms with Crippen molar-refractivity contribution in [3.05, 3.63) is 29.8 Å². The van der Waals surface area contributed by atoms with Gasteiger partial charge in [0.05, 0.1) is 11.3 Å². The maximum Gasteiger partial charge on any atom is 0.335 e. The molecule has 3 heteroatoms. The highest BCUT2D eigenvalue weighted by Gasteiger charge is 2.00. The standard InChI is InChI=1S/C7H6NO2/c8-6-3-1-2-5(4-6)7(9)10/h1-4,8H,(H,9,10). The van der Waals surface area contributed by atoms with Crippen LogP contribution in [0.25, 0.3) is 0 Å². The molecule has 0 bridgehead atoms. The highest BCUT2D eigenvalue weighted by molar-refractivity contribution is 5.88. The van der Waals surface area contributed by atoms with Gasteiger partial charge in [-0.1, -0.05) is 6.07 Å². The zero-order valence-electron chi connectivity index (χ0n) is 5.16. The van der Waals surface area contributed by atoms with Crippen LogP contribution in [0.4, 0.5) is 5.69 Å². The van der Waals surface area contributed by atoms with Crippen LogP contribution in [0.3, 0.4) is 0 Å². The maximum atomic E-state index is 10.3. The Morgan fingerprint density at radius 2 is 2.20 bits per heavy atom. The van der Waals surface area contributed by atoms with Crippen molar-refractivity contribution < 1.29 is 9.90 Å². The van der Waals surface area contributed by atoms with Crippen LogP contribution in [-0.4, -0.2) is 11.1 Å². The fourth-order valence-electron chi connectivity index (χ4n) is 0.652. The number of carboxylic acid groups (broad SMARTS) is 1. The zero-order valence-corrected chi connectivity index (χ0v) is 5.16. The first kappa shape index (κ1) is 6.61. The fraction of sp³-hybridized carbons (Fsp3) is 0. The van der Waals surface area contributed by atoms with Crippen molar-refractivity contribution in [2.75, 3.05) is 0 Å². The molecule has 2 N–H and O–H groups in total. The minimum Gasteiger partial charge on any atom is -0.478 e. The highest BCUT2D eigenvalue weighted by atomic mass is 16.4. The van der Waals surface area contributed by atoms with Gasteiger partial charge in [-0.25, -0.2) is 4.79 Å². The lowest BCUT2D eigenvalue weighted by Gasteiger charge is -1.92. The van der Waals surface area contributed by atoms with Crippen LogP contribution in [0.5, 0.6) is 0 Å². The summed E-state index contributed by atoms with van der Waals surface area (Å²) in [7, 11) is 0. The van der Waals surface area contributed by atoms with E-state index in [1.54, 1.807) is 6.07 Å². The van der Waals surface area contributed by atoms with Gasteiger partial charge in [0.15, 0.2) is 0 Å². The van der Waals surface area contributed by atoms with Crippen LogP contribution in [0.1, 0.15) is 10.4 Å². The lowest BCUT2D eigenvalue weighted by molar-refractivity contribution is 0.0697. The number of carbonyl (C=O) groups is 1. The summed E-state index contributed by atoms with van der Waals surface area (Å²) >= 11 is 0. The summed E-state index contributed by atoms with van der Waals surface area (Å²) < 4.78 is 0. The first-order valence-electron chi connectivity index (χ1n) is 2.75. The molecule has 0 aromatic heterocycles. The van der Waals surface area contributed by atoms with Crippen LogP contribution < -0.4 is 5.73 Å². The molecule has 0 saturated carbocycles. The maximum absolute atomic E-state index is 10.3. The summed E-state index contributed by atoms with van der Waals surface area (Å²) in [5.74, 6) is -0.992. The molecule has 0 atom stereocenters. The van der Waals surface area contributed by atoms with E-state index in [9.17, 15) is 4.79 Å². The molecule has 3 nitrogen and oxygen atoms in total. The van der Waals surface area contributed by atoms with E-state index in [0.29, 0.717) is 0 Å². The summed E-state index contributed by atoms with van der Waals surface area (Å²) in [6.45, 7) is 0. The van der Waals surface area contributed by atoms with E-state index in [-0.39, 0.29) is 11.3 Å². The predicted octanol–water partition coefficient (Wildman–Crippen LogP) is 1.30. The Bertz CT molecular complexity index is 258. The van der Waals surface area contributed by atoms with Crippen molar-refractivity contribution in [3.63, 3.8) is 0 Å². The van der Waals surface area contributed by atoms with Gasteiger partial charge in [-0.3, -0.25) is 0 Å². The van der Waals surface area contributed by atoms with Crippen LogP contribution in [0, 0.1) is 0 Å². The van der Waals surface area contributed by atoms with Crippen LogP contribution in [0.2, 0.25) is 0 Å². The molecule has 1 aromatic carbocycles. The quantitative estimate of drug-likeness (QED) is 0.632. The fourth-order valence-corrected chi connectivity index (χ4v) is 0.652. The van der Waals surface area contributed by atoms with Crippen molar-refractivity contribution >= 4 is 11.7 Å². The van der Waals surface area contributed by atoms with E-state index in [1.807, 2.05) is 0 Å². The molecule has 1 rings (SSSR count). The molecule has 0 aliphatic rings. The second-order valence-electron chi connectivity index (χ2n) is 1.89. The van der Waals surface area contributed by atoms with Gasteiger partial charge < -0.3 is 10.8 Å². The Morgan fingerprint density at radius 3 is 2.60 bits per heavy atom. The Hall–Kier alpha value is -1.51. The third kappa shape index (κ3) is 1.25. The minimum atomic E-state index is -0.992. The van der Waals surface area contributed by atoms with Gasteiger partial charge in [0.25, 0.3) is 0 Å². The molecule has 0 amide bonds. The normalized spacial score (nSPS) is 9.20. The second-order valence-corrected chi connectivity index (χ2v) is 1.89. The summed E-state index contributed by atoms with van der Waals surface area (Å²) in [5.41, 5.74) is 7.45. The van der Waals surface area contributed by atoms with Crippen LogP contribution in [-0.2, 0) is 0 Å². The molecule has 10 heavy (non-hydrogen) atoms. The monoisotopic (exact) mass is 136 g/mol. The van der Waals surface area contributed by atoms with E-state index in [2.05, 4.69) is 0 Å². The number of benzene rings is 1. The summed E-state index contributed by atoms with van der Waals surface area (Å²) in [5, 5.41) is 8.43. The molecular formula is C7H6NO2. The second kappa shape index (κ2) is 2.39. The van der Waals surface area contributed by atoms with Gasteiger partial charge in [0.2, 0.25) is 0 Å². The van der Waals surface area contributed by atoms with Crippen LogP contribution >= 0.6 is 0 Å². The topological polar surface area (TPSA) is 61.1 Å². The molecular weight excluding hydrogens is 130 g/mol. The molecule has 0 spiro atoms. The van der Waals surface area contributed by atoms with E-state index in [0.717, 1.165) is 0 Å². The van der Waals surface area contributed by atoms with Crippen molar-refractivity contribution in [1.29, 1.82) is 0 Å². The summed E-state index contributed by atoms with van der Waals surface area (Å²) in [4.78, 5) is 10.3. The summed E-state index contributed by atoms with van der Waals surface area (Å²) in [6, 6.07) is 5.85. The average molecular weight is 136 g/mol. The Kier molecular flexibility index (Phi) is 1.58. The molecule has 0 aliphatic heterocycles. The summed E-state index contributed by atoms with van der Waals surface area (Å²) in [6.07, 6.45) is 0. The SMILES string of the molecule is [NH]c1cccc(C(=O)O)c1. The van der Waals surface area contributed by atoms with Gasteiger partial charge in [-0.05, 0) is 18.2 Å². The molecule has 1 aromatic rings. The van der Waals surface area contributed by atoms with Crippen molar-refractivity contribution in [3.8, 4) is 0 Å². The van der Waals surface area contributed by atoms with E-state index < -0.39 is 5.97 Å². The number of hydrogen-bond acceptors (Lipinski definition) is 1. The number of rotatable bonds is 1. The third-order valence-electron chi connectivity index (χ3n) is 1.11. The lowest BCUT2D eigenvalue weighted by Crippen LogP contribution is -1.94. The van der Waals surface area contributed by atoms with Crippen molar-refractivity contribution in [1.82, 2.24) is 5.73 Å². The van der Waals surface area contributed by atoms with E-state index >= 15 is 0 Å². The Balaban J connectivity index is 3.07. The Morgan fingerprint density at radius 1 is 1.50 bits per heavy atom. The smallest absolute Gasteiger partial charge is 0.335 e. The molecule has 51 valence electrons. The largest absolute Gasteiger partial charge is 0.478 e. The number of aromatic carboxylic acids is 1. The number of nitrogens with one attached hydrogen (secondary N) is 1. The molecule has 1 radical (unpaired) electrons. The van der Waals surface area contributed by atoms with Gasteiger partial charge in [-0.15, -0.1) is 0 Å². The van der Waals surface area contributed by atoms with Gasteiger partial charge in [0, 0.05) is 0 Å². The first-order chi connectivity index (χ1) is 4.70. The van der Waals surface area contributed by atoms with E-state index in [4.69, 9.17) is 10.8 Å². The number of hydrogen-bond donors (Lipinski definition) is 1. The highest BCUT2D eigenvalue weighted by Crippen LogP contribution is 2.06. The van der Waals surface area contributed by atoms with Crippen LogP contribution in [0.15, 0.2) is 24.3 Å². The lowest BCUT2D eigenvalue weighted by atomic mass is 10.2. The van der Waals surface area contributed by atoms with Crippen molar-refractivity contribution in [2.24, 2.45) is 0 Å². The average Bonchev–Trinajstić information content (AvgIpc) is 1.88. The third-order valence-corrected chi connectivity index (χ3v) is 1.11. The predicted molar refractivity (Wildman–Crippen MR) is 36.2 cm³/mol. The molecule has 0 fully saturated rings. The van der Waals surface area contributed by atoms with Gasteiger partial charge >= 0.3 is 5.97 Å². The van der Waals surface area contributed by atoms with Crippen molar-refractivity contribution in [2.45, 2.75) is 0 Å². The zero-order chi connectivity index (χ0) is 7.56. The van der Waals surface area contributed by atoms with Gasteiger partial charge in [0.1, 0.15) is 0 Å². The molecule has 0 aliphatic carbocycles. The minimum absolute atomic E-state index is 0.160. The first-order valence-corrected chi connectivity index (χ1v) is 2.75. The number of carboxylic acids is 1.